The van der Waals surface area contributed by atoms with E-state index in [0.717, 1.165) is 12.1 Å². The second kappa shape index (κ2) is 8.66. The van der Waals surface area contributed by atoms with Crippen molar-refractivity contribution in [2.45, 2.75) is 18.9 Å². The topological polar surface area (TPSA) is 88.2 Å². The summed E-state index contributed by atoms with van der Waals surface area (Å²) in [7, 11) is 0. The monoisotopic (exact) mass is 361 g/mol. The van der Waals surface area contributed by atoms with Crippen LogP contribution in [0.1, 0.15) is 12.8 Å². The first-order valence-corrected chi connectivity index (χ1v) is 8.80. The first-order valence-electron chi connectivity index (χ1n) is 8.80. The lowest BCUT2D eigenvalue weighted by atomic mass is 10.2. The van der Waals surface area contributed by atoms with Crippen LogP contribution in [-0.2, 0) is 19.1 Å². The van der Waals surface area contributed by atoms with Gasteiger partial charge in [-0.25, -0.2) is 9.59 Å². The van der Waals surface area contributed by atoms with Crippen molar-refractivity contribution in [3.8, 4) is 0 Å². The molecule has 0 bridgehead atoms. The Morgan fingerprint density at radius 1 is 1.08 bits per heavy atom. The van der Waals surface area contributed by atoms with E-state index < -0.39 is 12.1 Å². The van der Waals surface area contributed by atoms with Crippen LogP contribution in [0.15, 0.2) is 30.3 Å². The Hall–Kier alpha value is -2.61. The molecule has 140 valence electrons. The van der Waals surface area contributed by atoms with Gasteiger partial charge in [-0.05, 0) is 25.0 Å². The first kappa shape index (κ1) is 18.2. The fourth-order valence-corrected chi connectivity index (χ4v) is 2.96. The molecule has 8 nitrogen and oxygen atoms in total. The lowest BCUT2D eigenvalue weighted by Crippen LogP contribution is -2.52. The number of urea groups is 1. The van der Waals surface area contributed by atoms with Gasteiger partial charge in [-0.2, -0.15) is 0 Å². The summed E-state index contributed by atoms with van der Waals surface area (Å²) in [6, 6.07) is 9.04. The highest BCUT2D eigenvalue weighted by Crippen LogP contribution is 2.13. The van der Waals surface area contributed by atoms with Gasteiger partial charge in [-0.1, -0.05) is 18.2 Å². The molecule has 1 atom stereocenters. The molecule has 2 saturated heterocycles. The maximum atomic E-state index is 12.2. The van der Waals surface area contributed by atoms with E-state index in [1.165, 1.54) is 0 Å². The number of amides is 3. The fourth-order valence-electron chi connectivity index (χ4n) is 2.96. The predicted molar refractivity (Wildman–Crippen MR) is 93.5 cm³/mol. The van der Waals surface area contributed by atoms with Crippen molar-refractivity contribution in [3.63, 3.8) is 0 Å². The molecule has 0 saturated carbocycles. The highest BCUT2D eigenvalue weighted by Gasteiger charge is 2.28. The average molecular weight is 361 g/mol. The van der Waals surface area contributed by atoms with E-state index in [4.69, 9.17) is 9.47 Å². The molecule has 2 fully saturated rings. The van der Waals surface area contributed by atoms with E-state index in [1.807, 2.05) is 30.3 Å². The van der Waals surface area contributed by atoms with Gasteiger partial charge in [0.2, 0.25) is 0 Å². The standard InChI is InChI=1S/C18H23N3O5/c22-16(13-26-17(23)15-7-4-12-25-15)20-8-10-21(11-9-20)18(24)19-14-5-2-1-3-6-14/h1-3,5-6,15H,4,7-13H2,(H,19,24). The minimum atomic E-state index is -0.540. The summed E-state index contributed by atoms with van der Waals surface area (Å²) in [6.45, 7) is 1.97. The number of anilines is 1. The van der Waals surface area contributed by atoms with Crippen LogP contribution in [0.3, 0.4) is 0 Å². The number of carbonyl (C=O) groups excluding carboxylic acids is 3. The molecule has 3 rings (SSSR count). The van der Waals surface area contributed by atoms with Gasteiger partial charge in [-0.15, -0.1) is 0 Å². The lowest BCUT2D eigenvalue weighted by molar-refractivity contribution is -0.160. The van der Waals surface area contributed by atoms with Crippen LogP contribution >= 0.6 is 0 Å². The van der Waals surface area contributed by atoms with Crippen molar-refractivity contribution in [1.29, 1.82) is 0 Å². The SMILES string of the molecule is O=C(OCC(=O)N1CCN(C(=O)Nc2ccccc2)CC1)C1CCCO1. The number of carbonyl (C=O) groups is 3. The van der Waals surface area contributed by atoms with E-state index in [0.29, 0.717) is 39.2 Å². The van der Waals surface area contributed by atoms with E-state index in [-0.39, 0.29) is 18.5 Å². The Balaban J connectivity index is 1.39. The Morgan fingerprint density at radius 2 is 1.77 bits per heavy atom. The minimum Gasteiger partial charge on any atom is -0.454 e. The van der Waals surface area contributed by atoms with Crippen LogP contribution in [-0.4, -0.2) is 73.2 Å². The largest absolute Gasteiger partial charge is 0.454 e. The van der Waals surface area contributed by atoms with Crippen LogP contribution in [0.25, 0.3) is 0 Å². The third-order valence-electron chi connectivity index (χ3n) is 4.48. The smallest absolute Gasteiger partial charge is 0.335 e. The quantitative estimate of drug-likeness (QED) is 0.811. The van der Waals surface area contributed by atoms with Crippen molar-refractivity contribution < 1.29 is 23.9 Å². The third kappa shape index (κ3) is 4.72. The van der Waals surface area contributed by atoms with Gasteiger partial charge in [0.05, 0.1) is 0 Å². The summed E-state index contributed by atoms with van der Waals surface area (Å²) in [6.07, 6.45) is 0.935. The van der Waals surface area contributed by atoms with Crippen LogP contribution in [0.4, 0.5) is 10.5 Å². The number of piperazine rings is 1. The Morgan fingerprint density at radius 3 is 2.42 bits per heavy atom. The van der Waals surface area contributed by atoms with Crippen LogP contribution in [0.2, 0.25) is 0 Å². The van der Waals surface area contributed by atoms with Gasteiger partial charge in [0.1, 0.15) is 0 Å². The molecule has 2 aliphatic heterocycles. The van der Waals surface area contributed by atoms with E-state index in [9.17, 15) is 14.4 Å². The van der Waals surface area contributed by atoms with Crippen LogP contribution in [0, 0.1) is 0 Å². The molecular weight excluding hydrogens is 338 g/mol. The zero-order valence-electron chi connectivity index (χ0n) is 14.6. The molecule has 1 aromatic rings. The maximum Gasteiger partial charge on any atom is 0.335 e. The fraction of sp³-hybridized carbons (Fsp3) is 0.500. The number of rotatable bonds is 4. The van der Waals surface area contributed by atoms with Crippen molar-refractivity contribution in [1.82, 2.24) is 9.80 Å². The van der Waals surface area contributed by atoms with Gasteiger partial charge < -0.3 is 24.6 Å². The van der Waals surface area contributed by atoms with Gasteiger partial charge in [0.25, 0.3) is 5.91 Å². The first-order chi connectivity index (χ1) is 12.6. The molecule has 2 heterocycles. The average Bonchev–Trinajstić information content (AvgIpc) is 3.21. The molecule has 0 spiro atoms. The van der Waals surface area contributed by atoms with Gasteiger partial charge in [-0.3, -0.25) is 4.79 Å². The van der Waals surface area contributed by atoms with Crippen LogP contribution < -0.4 is 5.32 Å². The third-order valence-corrected chi connectivity index (χ3v) is 4.48. The predicted octanol–water partition coefficient (Wildman–Crippen LogP) is 1.08. The summed E-state index contributed by atoms with van der Waals surface area (Å²) in [5, 5.41) is 2.83. The molecule has 1 aromatic carbocycles. The number of esters is 1. The summed E-state index contributed by atoms with van der Waals surface area (Å²) in [5.41, 5.74) is 0.733. The molecule has 0 aromatic heterocycles. The Labute approximate surface area is 152 Å². The van der Waals surface area contributed by atoms with E-state index in [2.05, 4.69) is 5.32 Å². The number of benzene rings is 1. The number of ether oxygens (including phenoxy) is 2. The second-order valence-electron chi connectivity index (χ2n) is 6.27. The molecule has 0 aliphatic carbocycles. The summed E-state index contributed by atoms with van der Waals surface area (Å²) >= 11 is 0. The zero-order chi connectivity index (χ0) is 18.4. The summed E-state index contributed by atoms with van der Waals surface area (Å²) in [5.74, 6) is -0.726. The molecule has 1 N–H and O–H groups in total. The number of nitrogens with zero attached hydrogens (tertiary/aromatic N) is 2. The maximum absolute atomic E-state index is 12.2. The summed E-state index contributed by atoms with van der Waals surface area (Å²) < 4.78 is 10.3. The van der Waals surface area contributed by atoms with Crippen molar-refractivity contribution in [2.75, 3.05) is 44.7 Å². The number of hydrogen-bond acceptors (Lipinski definition) is 5. The Bertz CT molecular complexity index is 637. The van der Waals surface area contributed by atoms with Gasteiger partial charge in [0.15, 0.2) is 12.7 Å². The normalized spacial score (nSPS) is 19.9. The molecule has 1 unspecified atom stereocenters. The van der Waals surface area contributed by atoms with Crippen molar-refractivity contribution >= 4 is 23.6 Å². The second-order valence-corrected chi connectivity index (χ2v) is 6.27. The van der Waals surface area contributed by atoms with E-state index >= 15 is 0 Å². The number of nitrogens with one attached hydrogen (secondary N) is 1. The number of para-hydroxylation sites is 1. The molecular formula is C18H23N3O5. The molecule has 2 aliphatic rings. The lowest BCUT2D eigenvalue weighted by Gasteiger charge is -2.34. The van der Waals surface area contributed by atoms with Crippen LogP contribution in [0.5, 0.6) is 0 Å². The Kier molecular flexibility index (Phi) is 6.06. The van der Waals surface area contributed by atoms with Crippen molar-refractivity contribution in [2.24, 2.45) is 0 Å². The summed E-state index contributed by atoms with van der Waals surface area (Å²) in [4.78, 5) is 39.4. The minimum absolute atomic E-state index is 0.187. The molecule has 3 amide bonds. The molecule has 26 heavy (non-hydrogen) atoms. The zero-order valence-corrected chi connectivity index (χ0v) is 14.6. The van der Waals surface area contributed by atoms with Gasteiger partial charge in [0, 0.05) is 38.5 Å². The highest BCUT2D eigenvalue weighted by molar-refractivity contribution is 5.89. The molecule has 0 radical (unpaired) electrons. The van der Waals surface area contributed by atoms with Gasteiger partial charge >= 0.3 is 12.0 Å². The van der Waals surface area contributed by atoms with Crippen molar-refractivity contribution in [3.05, 3.63) is 30.3 Å². The highest BCUT2D eigenvalue weighted by atomic mass is 16.6. The number of hydrogen-bond donors (Lipinski definition) is 1. The molecule has 8 heteroatoms. The van der Waals surface area contributed by atoms with E-state index in [1.54, 1.807) is 9.80 Å².